The van der Waals surface area contributed by atoms with E-state index < -0.39 is 26.4 Å². The molecule has 0 aliphatic carbocycles. The molecule has 1 atom stereocenters. The summed E-state index contributed by atoms with van der Waals surface area (Å²) < 4.78 is 50.2. The van der Waals surface area contributed by atoms with Crippen molar-refractivity contribution in [2.24, 2.45) is 5.92 Å². The summed E-state index contributed by atoms with van der Waals surface area (Å²) in [5.41, 5.74) is 0. The summed E-state index contributed by atoms with van der Waals surface area (Å²) in [4.78, 5) is -0.425. The lowest BCUT2D eigenvalue weighted by atomic mass is 10.1. The minimum atomic E-state index is -3.71. The van der Waals surface area contributed by atoms with Gasteiger partial charge in [-0.05, 0) is 24.5 Å². The SMILES string of the molecule is CCCC(CBr)CS(=O)(=O)c1ccc(F)cc1F. The highest BCUT2D eigenvalue weighted by molar-refractivity contribution is 9.09. The van der Waals surface area contributed by atoms with Gasteiger partial charge < -0.3 is 0 Å². The van der Waals surface area contributed by atoms with Crippen LogP contribution in [0.5, 0.6) is 0 Å². The highest BCUT2D eigenvalue weighted by Crippen LogP contribution is 2.21. The van der Waals surface area contributed by atoms with Gasteiger partial charge in [0.2, 0.25) is 0 Å². The zero-order valence-corrected chi connectivity index (χ0v) is 12.4. The third kappa shape index (κ3) is 4.02. The van der Waals surface area contributed by atoms with Gasteiger partial charge in [-0.1, -0.05) is 29.3 Å². The summed E-state index contributed by atoms with van der Waals surface area (Å²) >= 11 is 3.25. The Hall–Kier alpha value is -0.490. The van der Waals surface area contributed by atoms with Gasteiger partial charge in [0, 0.05) is 11.4 Å². The standard InChI is InChI=1S/C12H15BrF2O2S/c1-2-3-9(7-13)8-18(16,17)12-5-4-10(14)6-11(12)15/h4-6,9H,2-3,7-8H2,1H3. The zero-order valence-electron chi connectivity index (χ0n) is 10.00. The summed E-state index contributed by atoms with van der Waals surface area (Å²) in [6, 6.07) is 2.53. The van der Waals surface area contributed by atoms with Gasteiger partial charge in [0.05, 0.1) is 5.75 Å². The van der Waals surface area contributed by atoms with Gasteiger partial charge in [-0.3, -0.25) is 0 Å². The molecule has 2 nitrogen and oxygen atoms in total. The van der Waals surface area contributed by atoms with Crippen molar-refractivity contribution in [2.75, 3.05) is 11.1 Å². The molecule has 6 heteroatoms. The van der Waals surface area contributed by atoms with Crippen LogP contribution in [0.4, 0.5) is 8.78 Å². The summed E-state index contributed by atoms with van der Waals surface area (Å²) in [6.07, 6.45) is 1.60. The number of sulfone groups is 1. The molecular formula is C12H15BrF2O2S. The molecule has 0 aromatic heterocycles. The average Bonchev–Trinajstić information content (AvgIpc) is 2.27. The first-order valence-corrected chi connectivity index (χ1v) is 8.41. The van der Waals surface area contributed by atoms with E-state index in [-0.39, 0.29) is 11.7 Å². The fraction of sp³-hybridized carbons (Fsp3) is 0.500. The maximum atomic E-state index is 13.5. The lowest BCUT2D eigenvalue weighted by molar-refractivity contribution is 0.533. The molecule has 0 N–H and O–H groups in total. The van der Waals surface area contributed by atoms with E-state index >= 15 is 0 Å². The van der Waals surface area contributed by atoms with Crippen LogP contribution in [-0.2, 0) is 9.84 Å². The molecule has 1 aromatic rings. The Morgan fingerprint density at radius 2 is 2.00 bits per heavy atom. The Kier molecular flexibility index (Phi) is 5.72. The first-order chi connectivity index (χ1) is 8.40. The van der Waals surface area contributed by atoms with Crippen molar-refractivity contribution in [3.63, 3.8) is 0 Å². The smallest absolute Gasteiger partial charge is 0.181 e. The van der Waals surface area contributed by atoms with Crippen molar-refractivity contribution in [1.82, 2.24) is 0 Å². The molecule has 18 heavy (non-hydrogen) atoms. The molecule has 102 valence electrons. The van der Waals surface area contributed by atoms with Gasteiger partial charge in [0.1, 0.15) is 16.5 Å². The first kappa shape index (κ1) is 15.6. The number of halogens is 3. The highest BCUT2D eigenvalue weighted by atomic mass is 79.9. The molecule has 0 amide bonds. The van der Waals surface area contributed by atoms with Crippen LogP contribution >= 0.6 is 15.9 Å². The second-order valence-electron chi connectivity index (χ2n) is 4.17. The number of hydrogen-bond donors (Lipinski definition) is 0. The van der Waals surface area contributed by atoms with E-state index in [1.807, 2.05) is 6.92 Å². The predicted molar refractivity (Wildman–Crippen MR) is 70.6 cm³/mol. The summed E-state index contributed by atoms with van der Waals surface area (Å²) in [5.74, 6) is -2.00. The van der Waals surface area contributed by atoms with Gasteiger partial charge in [-0.2, -0.15) is 0 Å². The van der Waals surface area contributed by atoms with Crippen molar-refractivity contribution < 1.29 is 17.2 Å². The normalized spacial score (nSPS) is 13.6. The zero-order chi connectivity index (χ0) is 13.8. The van der Waals surface area contributed by atoms with Crippen LogP contribution in [0.3, 0.4) is 0 Å². The highest BCUT2D eigenvalue weighted by Gasteiger charge is 2.23. The van der Waals surface area contributed by atoms with Crippen LogP contribution in [0, 0.1) is 17.6 Å². The van der Waals surface area contributed by atoms with Gasteiger partial charge in [0.15, 0.2) is 9.84 Å². The fourth-order valence-corrected chi connectivity index (χ4v) is 4.31. The van der Waals surface area contributed by atoms with E-state index in [9.17, 15) is 17.2 Å². The van der Waals surface area contributed by atoms with E-state index in [1.54, 1.807) is 0 Å². The molecule has 0 heterocycles. The van der Waals surface area contributed by atoms with E-state index in [0.29, 0.717) is 11.4 Å². The van der Waals surface area contributed by atoms with Gasteiger partial charge >= 0.3 is 0 Å². The quantitative estimate of drug-likeness (QED) is 0.586. The Morgan fingerprint density at radius 1 is 1.33 bits per heavy atom. The predicted octanol–water partition coefficient (Wildman–Crippen LogP) is 3.55. The lowest BCUT2D eigenvalue weighted by Gasteiger charge is -2.13. The number of alkyl halides is 1. The summed E-state index contributed by atoms with van der Waals surface area (Å²) in [6.45, 7) is 1.96. The molecule has 0 radical (unpaired) electrons. The van der Waals surface area contributed by atoms with E-state index in [2.05, 4.69) is 15.9 Å². The average molecular weight is 341 g/mol. The van der Waals surface area contributed by atoms with Crippen LogP contribution in [0.2, 0.25) is 0 Å². The van der Waals surface area contributed by atoms with E-state index in [1.165, 1.54) is 0 Å². The first-order valence-electron chi connectivity index (χ1n) is 5.64. The molecule has 1 rings (SSSR count). The summed E-state index contributed by atoms with van der Waals surface area (Å²) in [5, 5.41) is 0.545. The third-order valence-corrected chi connectivity index (χ3v) is 5.43. The Bertz CT molecular complexity index is 503. The second-order valence-corrected chi connectivity index (χ2v) is 6.82. The maximum absolute atomic E-state index is 13.5. The molecule has 0 bridgehead atoms. The molecule has 0 saturated heterocycles. The van der Waals surface area contributed by atoms with Gasteiger partial charge in [-0.15, -0.1) is 0 Å². The van der Waals surface area contributed by atoms with Crippen molar-refractivity contribution in [3.8, 4) is 0 Å². The molecule has 0 saturated carbocycles. The van der Waals surface area contributed by atoms with E-state index in [4.69, 9.17) is 0 Å². The van der Waals surface area contributed by atoms with Crippen LogP contribution in [0.25, 0.3) is 0 Å². The minimum Gasteiger partial charge on any atom is -0.224 e. The molecule has 0 aliphatic heterocycles. The largest absolute Gasteiger partial charge is 0.224 e. The molecule has 1 unspecified atom stereocenters. The van der Waals surface area contributed by atoms with Crippen molar-refractivity contribution in [1.29, 1.82) is 0 Å². The monoisotopic (exact) mass is 340 g/mol. The minimum absolute atomic E-state index is 0.0653. The van der Waals surface area contributed by atoms with Gasteiger partial charge in [-0.25, -0.2) is 17.2 Å². The van der Waals surface area contributed by atoms with Crippen LogP contribution < -0.4 is 0 Å². The van der Waals surface area contributed by atoms with Crippen molar-refractivity contribution in [3.05, 3.63) is 29.8 Å². The third-order valence-electron chi connectivity index (χ3n) is 2.60. The molecular weight excluding hydrogens is 326 g/mol. The molecule has 0 spiro atoms. The topological polar surface area (TPSA) is 34.1 Å². The van der Waals surface area contributed by atoms with Crippen molar-refractivity contribution in [2.45, 2.75) is 24.7 Å². The summed E-state index contributed by atoms with van der Waals surface area (Å²) in [7, 11) is -3.71. The van der Waals surface area contributed by atoms with Gasteiger partial charge in [0.25, 0.3) is 0 Å². The van der Waals surface area contributed by atoms with Crippen LogP contribution in [0.1, 0.15) is 19.8 Å². The molecule has 1 aromatic carbocycles. The van der Waals surface area contributed by atoms with Crippen molar-refractivity contribution >= 4 is 25.8 Å². The van der Waals surface area contributed by atoms with Crippen LogP contribution in [0.15, 0.2) is 23.1 Å². The molecule has 0 aliphatic rings. The number of rotatable bonds is 6. The Balaban J connectivity index is 2.99. The maximum Gasteiger partial charge on any atom is 0.181 e. The molecule has 0 fully saturated rings. The number of benzene rings is 1. The Labute approximate surface area is 114 Å². The lowest BCUT2D eigenvalue weighted by Crippen LogP contribution is -2.18. The number of hydrogen-bond acceptors (Lipinski definition) is 2. The second kappa shape index (κ2) is 6.61. The van der Waals surface area contributed by atoms with Crippen LogP contribution in [-0.4, -0.2) is 19.5 Å². The fourth-order valence-electron chi connectivity index (χ4n) is 1.74. The van der Waals surface area contributed by atoms with E-state index in [0.717, 1.165) is 25.0 Å². The Morgan fingerprint density at radius 3 is 2.50 bits per heavy atom.